The molecule has 1 rings (SSSR count). The average molecular weight is 262 g/mol. The van der Waals surface area contributed by atoms with Crippen LogP contribution in [0, 0.1) is 0 Å². The summed E-state index contributed by atoms with van der Waals surface area (Å²) in [5.74, 6) is 0.0762. The second-order valence-corrected chi connectivity index (χ2v) is 6.48. The van der Waals surface area contributed by atoms with Gasteiger partial charge in [0.25, 0.3) is 0 Å². The molecule has 0 aliphatic carbocycles. The first-order chi connectivity index (χ1) is 7.95. The molecule has 1 fully saturated rings. The van der Waals surface area contributed by atoms with Crippen LogP contribution in [0.15, 0.2) is 0 Å². The molecule has 0 spiro atoms. The molecule has 0 unspecified atom stereocenters. The normalized spacial score (nSPS) is 16.8. The van der Waals surface area contributed by atoms with Crippen LogP contribution in [0.5, 0.6) is 0 Å². The maximum absolute atomic E-state index is 11.8. The molecule has 0 aromatic carbocycles. The van der Waals surface area contributed by atoms with Gasteiger partial charge in [0.1, 0.15) is 0 Å². The minimum absolute atomic E-state index is 0.0762. The van der Waals surface area contributed by atoms with E-state index < -0.39 is 10.0 Å². The van der Waals surface area contributed by atoms with Gasteiger partial charge < -0.3 is 4.90 Å². The van der Waals surface area contributed by atoms with Crippen LogP contribution in [0.2, 0.25) is 0 Å². The van der Waals surface area contributed by atoms with Gasteiger partial charge in [-0.3, -0.25) is 4.79 Å². The van der Waals surface area contributed by atoms with E-state index in [-0.39, 0.29) is 5.91 Å². The Bertz CT molecular complexity index is 348. The highest BCUT2D eigenvalue weighted by molar-refractivity contribution is 7.88. The Morgan fingerprint density at radius 2 is 1.82 bits per heavy atom. The van der Waals surface area contributed by atoms with Crippen molar-refractivity contribution < 1.29 is 13.2 Å². The first kappa shape index (κ1) is 14.4. The summed E-state index contributed by atoms with van der Waals surface area (Å²) in [5.41, 5.74) is 0. The van der Waals surface area contributed by atoms with Gasteiger partial charge in [0.15, 0.2) is 0 Å². The smallest absolute Gasteiger partial charge is 0.223 e. The predicted octanol–water partition coefficient (Wildman–Crippen LogP) is 0.671. The van der Waals surface area contributed by atoms with E-state index >= 15 is 0 Å². The average Bonchev–Trinajstić information content (AvgIpc) is 2.75. The monoisotopic (exact) mass is 262 g/mol. The third kappa shape index (κ3) is 4.63. The lowest BCUT2D eigenvalue weighted by molar-refractivity contribution is -0.130. The summed E-state index contributed by atoms with van der Waals surface area (Å²) in [4.78, 5) is 13.6. The van der Waals surface area contributed by atoms with E-state index in [1.54, 1.807) is 0 Å². The molecule has 0 aromatic rings. The fraction of sp³-hybridized carbons (Fsp3) is 0.909. The van der Waals surface area contributed by atoms with Crippen LogP contribution in [-0.4, -0.2) is 56.0 Å². The molecule has 0 N–H and O–H groups in total. The zero-order chi connectivity index (χ0) is 12.9. The van der Waals surface area contributed by atoms with Crippen molar-refractivity contribution in [2.75, 3.05) is 32.4 Å². The molecule has 0 atom stereocenters. The van der Waals surface area contributed by atoms with Gasteiger partial charge in [0.05, 0.1) is 6.26 Å². The van der Waals surface area contributed by atoms with Crippen molar-refractivity contribution in [1.29, 1.82) is 0 Å². The van der Waals surface area contributed by atoms with E-state index in [1.807, 2.05) is 11.8 Å². The van der Waals surface area contributed by atoms with Crippen molar-refractivity contribution in [3.05, 3.63) is 0 Å². The Balaban J connectivity index is 2.43. The molecule has 0 bridgehead atoms. The van der Waals surface area contributed by atoms with Crippen LogP contribution < -0.4 is 0 Å². The molecule has 6 heteroatoms. The van der Waals surface area contributed by atoms with E-state index in [4.69, 9.17) is 0 Å². The number of amides is 1. The first-order valence-corrected chi connectivity index (χ1v) is 8.03. The maximum atomic E-state index is 11.8. The van der Waals surface area contributed by atoms with Gasteiger partial charge in [-0.2, -0.15) is 0 Å². The summed E-state index contributed by atoms with van der Waals surface area (Å²) in [6.45, 7) is 4.38. The zero-order valence-corrected chi connectivity index (χ0v) is 11.5. The Hall–Kier alpha value is -0.620. The molecule has 0 aromatic heterocycles. The van der Waals surface area contributed by atoms with Crippen LogP contribution in [-0.2, 0) is 14.8 Å². The Morgan fingerprint density at radius 1 is 1.24 bits per heavy atom. The molecule has 1 saturated heterocycles. The van der Waals surface area contributed by atoms with Gasteiger partial charge in [-0.1, -0.05) is 6.92 Å². The summed E-state index contributed by atoms with van der Waals surface area (Å²) < 4.78 is 24.3. The number of likely N-dealkylation sites (tertiary alicyclic amines) is 1. The third-order valence-electron chi connectivity index (χ3n) is 2.98. The molecule has 1 heterocycles. The van der Waals surface area contributed by atoms with E-state index in [2.05, 4.69) is 0 Å². The quantitative estimate of drug-likeness (QED) is 0.707. The topological polar surface area (TPSA) is 57.7 Å². The molecule has 0 saturated carbocycles. The molecule has 1 aliphatic rings. The fourth-order valence-corrected chi connectivity index (χ4v) is 2.97. The number of carbonyl (C=O) groups is 1. The van der Waals surface area contributed by atoms with Gasteiger partial charge in [-0.15, -0.1) is 0 Å². The zero-order valence-electron chi connectivity index (χ0n) is 10.7. The van der Waals surface area contributed by atoms with Gasteiger partial charge in [-0.05, 0) is 19.3 Å². The number of hydrogen-bond donors (Lipinski definition) is 0. The molecule has 5 nitrogen and oxygen atoms in total. The third-order valence-corrected chi connectivity index (χ3v) is 4.28. The molecule has 17 heavy (non-hydrogen) atoms. The van der Waals surface area contributed by atoms with Crippen molar-refractivity contribution in [3.63, 3.8) is 0 Å². The van der Waals surface area contributed by atoms with Crippen LogP contribution in [0.4, 0.5) is 0 Å². The van der Waals surface area contributed by atoms with E-state index in [0.29, 0.717) is 19.5 Å². The maximum Gasteiger partial charge on any atom is 0.223 e. The summed E-state index contributed by atoms with van der Waals surface area (Å²) in [6.07, 6.45) is 4.40. The van der Waals surface area contributed by atoms with Crippen molar-refractivity contribution >= 4 is 15.9 Å². The SMILES string of the molecule is CCCN(CCC(=O)N1CCCC1)S(C)(=O)=O. The largest absolute Gasteiger partial charge is 0.343 e. The van der Waals surface area contributed by atoms with Crippen LogP contribution in [0.1, 0.15) is 32.6 Å². The lowest BCUT2D eigenvalue weighted by Gasteiger charge is -2.21. The van der Waals surface area contributed by atoms with Crippen LogP contribution >= 0.6 is 0 Å². The molecular weight excluding hydrogens is 240 g/mol. The van der Waals surface area contributed by atoms with Crippen molar-refractivity contribution in [2.45, 2.75) is 32.6 Å². The Labute approximate surface area is 104 Å². The molecule has 0 radical (unpaired) electrons. The van der Waals surface area contributed by atoms with E-state index in [0.717, 1.165) is 32.4 Å². The summed E-state index contributed by atoms with van der Waals surface area (Å²) >= 11 is 0. The predicted molar refractivity (Wildman–Crippen MR) is 67.1 cm³/mol. The number of hydrogen-bond acceptors (Lipinski definition) is 3. The molecular formula is C11H22N2O3S. The van der Waals surface area contributed by atoms with Gasteiger partial charge >= 0.3 is 0 Å². The number of carbonyl (C=O) groups excluding carboxylic acids is 1. The van der Waals surface area contributed by atoms with Crippen molar-refractivity contribution in [3.8, 4) is 0 Å². The minimum atomic E-state index is -3.18. The Kier molecular flexibility index (Phi) is 5.39. The van der Waals surface area contributed by atoms with Gasteiger partial charge in [-0.25, -0.2) is 12.7 Å². The van der Waals surface area contributed by atoms with Crippen LogP contribution in [0.3, 0.4) is 0 Å². The lowest BCUT2D eigenvalue weighted by atomic mass is 10.3. The van der Waals surface area contributed by atoms with E-state index in [9.17, 15) is 13.2 Å². The second-order valence-electron chi connectivity index (χ2n) is 4.50. The van der Waals surface area contributed by atoms with Gasteiger partial charge in [0.2, 0.25) is 15.9 Å². The highest BCUT2D eigenvalue weighted by Gasteiger charge is 2.21. The first-order valence-electron chi connectivity index (χ1n) is 6.18. The van der Waals surface area contributed by atoms with Gasteiger partial charge in [0, 0.05) is 32.6 Å². The highest BCUT2D eigenvalue weighted by atomic mass is 32.2. The number of rotatable bonds is 6. The van der Waals surface area contributed by atoms with Crippen molar-refractivity contribution in [1.82, 2.24) is 9.21 Å². The molecule has 1 aliphatic heterocycles. The fourth-order valence-electron chi connectivity index (χ4n) is 2.04. The Morgan fingerprint density at radius 3 is 2.29 bits per heavy atom. The summed E-state index contributed by atoms with van der Waals surface area (Å²) in [6, 6.07) is 0. The number of nitrogens with zero attached hydrogens (tertiary/aromatic N) is 2. The summed E-state index contributed by atoms with van der Waals surface area (Å²) in [7, 11) is -3.18. The van der Waals surface area contributed by atoms with Crippen LogP contribution in [0.25, 0.3) is 0 Å². The molecule has 100 valence electrons. The number of sulfonamides is 1. The minimum Gasteiger partial charge on any atom is -0.343 e. The highest BCUT2D eigenvalue weighted by Crippen LogP contribution is 2.10. The van der Waals surface area contributed by atoms with E-state index in [1.165, 1.54) is 10.6 Å². The lowest BCUT2D eigenvalue weighted by Crippen LogP contribution is -2.36. The second kappa shape index (κ2) is 6.35. The molecule has 1 amide bonds. The summed E-state index contributed by atoms with van der Waals surface area (Å²) in [5, 5.41) is 0. The standard InChI is InChI=1S/C11H22N2O3S/c1-3-7-13(17(2,15)16)10-6-11(14)12-8-4-5-9-12/h3-10H2,1-2H3. The van der Waals surface area contributed by atoms with Crippen molar-refractivity contribution in [2.24, 2.45) is 0 Å².